The molecule has 6 nitrogen and oxygen atoms in total. The minimum atomic E-state index is -0.144. The molecule has 0 saturated carbocycles. The van der Waals surface area contributed by atoms with E-state index in [1.165, 1.54) is 7.11 Å². The summed E-state index contributed by atoms with van der Waals surface area (Å²) in [7, 11) is 1.46. The van der Waals surface area contributed by atoms with Crippen LogP contribution in [0.5, 0.6) is 0 Å². The van der Waals surface area contributed by atoms with Crippen LogP contribution in [0.3, 0.4) is 0 Å². The molecule has 1 saturated heterocycles. The Balaban J connectivity index is 1.87. The van der Waals surface area contributed by atoms with E-state index in [9.17, 15) is 4.79 Å². The predicted molar refractivity (Wildman–Crippen MR) is 74.0 cm³/mol. The molecular weight excluding hydrogens is 258 g/mol. The Morgan fingerprint density at radius 3 is 2.60 bits per heavy atom. The monoisotopic (exact) mass is 281 g/mol. The van der Waals surface area contributed by atoms with Gasteiger partial charge in [0.15, 0.2) is 0 Å². The number of esters is 1. The Hall–Kier alpha value is -1.40. The van der Waals surface area contributed by atoms with Gasteiger partial charge in [-0.3, -0.25) is 14.6 Å². The van der Waals surface area contributed by atoms with Crippen LogP contribution in [0.15, 0.2) is 16.9 Å². The number of carbonyl (C=O) groups is 1. The minimum absolute atomic E-state index is 0.134. The van der Waals surface area contributed by atoms with E-state index in [0.717, 1.165) is 38.4 Å². The molecule has 0 aliphatic carbocycles. The predicted octanol–water partition coefficient (Wildman–Crippen LogP) is 0.990. The molecule has 0 aromatic carbocycles. The zero-order valence-corrected chi connectivity index (χ0v) is 12.4. The van der Waals surface area contributed by atoms with E-state index >= 15 is 0 Å². The van der Waals surface area contributed by atoms with E-state index in [0.29, 0.717) is 0 Å². The second-order valence-corrected chi connectivity index (χ2v) is 5.51. The summed E-state index contributed by atoms with van der Waals surface area (Å²) in [5, 5.41) is 3.93. The molecule has 20 heavy (non-hydrogen) atoms. The lowest BCUT2D eigenvalue weighted by atomic mass is 10.0. The molecule has 1 aromatic heterocycles. The molecule has 1 aliphatic heterocycles. The molecule has 1 fully saturated rings. The third-order valence-corrected chi connectivity index (χ3v) is 3.75. The molecular formula is C14H23N3O3. The number of nitrogens with zero attached hydrogens (tertiary/aromatic N) is 3. The van der Waals surface area contributed by atoms with E-state index in [1.54, 1.807) is 6.26 Å². The highest BCUT2D eigenvalue weighted by Gasteiger charge is 2.32. The zero-order chi connectivity index (χ0) is 14.5. The van der Waals surface area contributed by atoms with Crippen LogP contribution in [0.4, 0.5) is 0 Å². The Labute approximate surface area is 119 Å². The van der Waals surface area contributed by atoms with Crippen LogP contribution in [-0.2, 0) is 16.1 Å². The highest BCUT2D eigenvalue weighted by atomic mass is 16.5. The number of ether oxygens (including phenoxy) is 1. The van der Waals surface area contributed by atoms with Crippen LogP contribution in [0.2, 0.25) is 0 Å². The summed E-state index contributed by atoms with van der Waals surface area (Å²) in [5.74, 6) is 0.120. The van der Waals surface area contributed by atoms with Gasteiger partial charge in [0, 0.05) is 38.8 Å². The van der Waals surface area contributed by atoms with Crippen molar-refractivity contribution in [1.82, 2.24) is 15.0 Å². The summed E-state index contributed by atoms with van der Waals surface area (Å²) >= 11 is 0. The average molecular weight is 281 g/mol. The third-order valence-electron chi connectivity index (χ3n) is 3.75. The van der Waals surface area contributed by atoms with Gasteiger partial charge in [0.2, 0.25) is 0 Å². The fourth-order valence-electron chi connectivity index (χ4n) is 2.71. The Morgan fingerprint density at radius 2 is 2.10 bits per heavy atom. The standard InChI is InChI=1S/C14H23N3O3/c1-11(2)13(14(18)19-3)17-7-5-16(6-8-17)10-12-4-9-20-15-12/h4,9,11,13H,5-8,10H2,1-3H3/t13-/m1/s1. The number of piperazine rings is 1. The molecule has 0 spiro atoms. The molecule has 6 heteroatoms. The first-order valence-electron chi connectivity index (χ1n) is 7.05. The summed E-state index contributed by atoms with van der Waals surface area (Å²) < 4.78 is 9.77. The number of hydrogen-bond donors (Lipinski definition) is 0. The second kappa shape index (κ2) is 6.85. The van der Waals surface area contributed by atoms with Crippen molar-refractivity contribution in [2.75, 3.05) is 33.3 Å². The number of methoxy groups -OCH3 is 1. The van der Waals surface area contributed by atoms with E-state index in [4.69, 9.17) is 9.26 Å². The van der Waals surface area contributed by atoms with Gasteiger partial charge in [-0.1, -0.05) is 19.0 Å². The van der Waals surface area contributed by atoms with Crippen LogP contribution >= 0.6 is 0 Å². The molecule has 112 valence electrons. The molecule has 0 amide bonds. The van der Waals surface area contributed by atoms with Crippen LogP contribution in [0, 0.1) is 5.92 Å². The summed E-state index contributed by atoms with van der Waals surface area (Å²) in [6.45, 7) is 8.51. The van der Waals surface area contributed by atoms with Crippen molar-refractivity contribution in [1.29, 1.82) is 0 Å². The number of carbonyl (C=O) groups excluding carboxylic acids is 1. The lowest BCUT2D eigenvalue weighted by Crippen LogP contribution is -2.54. The molecule has 0 bridgehead atoms. The normalized spacial score (nSPS) is 19.2. The largest absolute Gasteiger partial charge is 0.468 e. The average Bonchev–Trinajstić information content (AvgIpc) is 2.93. The maximum absolute atomic E-state index is 11.9. The van der Waals surface area contributed by atoms with Gasteiger partial charge in [-0.15, -0.1) is 0 Å². The van der Waals surface area contributed by atoms with Crippen LogP contribution < -0.4 is 0 Å². The topological polar surface area (TPSA) is 58.8 Å². The summed E-state index contributed by atoms with van der Waals surface area (Å²) in [6, 6.07) is 1.74. The summed E-state index contributed by atoms with van der Waals surface area (Å²) in [4.78, 5) is 16.4. The zero-order valence-electron chi connectivity index (χ0n) is 12.4. The van der Waals surface area contributed by atoms with Crippen molar-refractivity contribution in [3.05, 3.63) is 18.0 Å². The minimum Gasteiger partial charge on any atom is -0.468 e. The molecule has 0 unspecified atom stereocenters. The fraction of sp³-hybridized carbons (Fsp3) is 0.714. The van der Waals surface area contributed by atoms with E-state index < -0.39 is 0 Å². The fourth-order valence-corrected chi connectivity index (χ4v) is 2.71. The first kappa shape index (κ1) is 15.0. The van der Waals surface area contributed by atoms with E-state index in [-0.39, 0.29) is 17.9 Å². The van der Waals surface area contributed by atoms with Gasteiger partial charge >= 0.3 is 5.97 Å². The quantitative estimate of drug-likeness (QED) is 0.750. The Kier molecular flexibility index (Phi) is 5.14. The maximum Gasteiger partial charge on any atom is 0.323 e. The van der Waals surface area contributed by atoms with Crippen LogP contribution in [-0.4, -0.2) is 60.3 Å². The van der Waals surface area contributed by atoms with Gasteiger partial charge in [-0.05, 0) is 5.92 Å². The van der Waals surface area contributed by atoms with Crippen molar-refractivity contribution < 1.29 is 14.1 Å². The van der Waals surface area contributed by atoms with Crippen LogP contribution in [0.1, 0.15) is 19.5 Å². The molecule has 1 aromatic rings. The van der Waals surface area contributed by atoms with Gasteiger partial charge in [0.1, 0.15) is 12.3 Å². The third kappa shape index (κ3) is 3.58. The van der Waals surface area contributed by atoms with Crippen molar-refractivity contribution in [2.45, 2.75) is 26.4 Å². The highest BCUT2D eigenvalue weighted by molar-refractivity contribution is 5.76. The van der Waals surface area contributed by atoms with Gasteiger partial charge in [-0.25, -0.2) is 0 Å². The number of hydrogen-bond acceptors (Lipinski definition) is 6. The summed E-state index contributed by atoms with van der Waals surface area (Å²) in [6.07, 6.45) is 1.59. The van der Waals surface area contributed by atoms with E-state index in [1.807, 2.05) is 6.07 Å². The Bertz CT molecular complexity index is 411. The smallest absolute Gasteiger partial charge is 0.323 e. The molecule has 0 N–H and O–H groups in total. The molecule has 0 radical (unpaired) electrons. The lowest BCUT2D eigenvalue weighted by molar-refractivity contribution is -0.149. The first-order valence-corrected chi connectivity index (χ1v) is 7.05. The summed E-state index contributed by atoms with van der Waals surface area (Å²) in [5.41, 5.74) is 0.951. The van der Waals surface area contributed by atoms with Gasteiger partial charge in [0.05, 0.1) is 12.8 Å². The van der Waals surface area contributed by atoms with Gasteiger partial charge in [0.25, 0.3) is 0 Å². The van der Waals surface area contributed by atoms with Crippen molar-refractivity contribution >= 4 is 5.97 Å². The van der Waals surface area contributed by atoms with E-state index in [2.05, 4.69) is 28.8 Å². The number of aromatic nitrogens is 1. The van der Waals surface area contributed by atoms with Crippen LogP contribution in [0.25, 0.3) is 0 Å². The SMILES string of the molecule is COC(=O)[C@@H](C(C)C)N1CCN(Cc2ccon2)CC1. The highest BCUT2D eigenvalue weighted by Crippen LogP contribution is 2.16. The van der Waals surface area contributed by atoms with Gasteiger partial charge < -0.3 is 9.26 Å². The molecule has 1 atom stereocenters. The maximum atomic E-state index is 11.9. The van der Waals surface area contributed by atoms with Crippen molar-refractivity contribution in [2.24, 2.45) is 5.92 Å². The lowest BCUT2D eigenvalue weighted by Gasteiger charge is -2.39. The second-order valence-electron chi connectivity index (χ2n) is 5.51. The van der Waals surface area contributed by atoms with Crippen molar-refractivity contribution in [3.8, 4) is 0 Å². The van der Waals surface area contributed by atoms with Gasteiger partial charge in [-0.2, -0.15) is 0 Å². The molecule has 1 aliphatic rings. The Morgan fingerprint density at radius 1 is 1.40 bits per heavy atom. The molecule has 2 rings (SSSR count). The van der Waals surface area contributed by atoms with Crippen molar-refractivity contribution in [3.63, 3.8) is 0 Å². The molecule has 2 heterocycles. The first-order chi connectivity index (χ1) is 9.61. The number of rotatable bonds is 5.